The van der Waals surface area contributed by atoms with Crippen LogP contribution in [0.3, 0.4) is 0 Å². The summed E-state index contributed by atoms with van der Waals surface area (Å²) in [4.78, 5) is 3.91. The summed E-state index contributed by atoms with van der Waals surface area (Å²) in [5.41, 5.74) is 9.45. The average Bonchev–Trinajstić information content (AvgIpc) is 2.28. The SMILES string of the molecule is NC1=NC(N)(c2cccc(C(F)(F)F)c2)C=CN1. The van der Waals surface area contributed by atoms with Gasteiger partial charge in [-0.05, 0) is 23.8 Å². The molecule has 0 saturated heterocycles. The van der Waals surface area contributed by atoms with Gasteiger partial charge in [0.1, 0.15) is 0 Å². The van der Waals surface area contributed by atoms with Crippen LogP contribution in [0.1, 0.15) is 11.1 Å². The van der Waals surface area contributed by atoms with Gasteiger partial charge in [-0.3, -0.25) is 5.73 Å². The Morgan fingerprint density at radius 1 is 1.28 bits per heavy atom. The minimum Gasteiger partial charge on any atom is -0.370 e. The van der Waals surface area contributed by atoms with Gasteiger partial charge in [0, 0.05) is 6.20 Å². The summed E-state index contributed by atoms with van der Waals surface area (Å²) in [5.74, 6) is 0.0532. The quantitative estimate of drug-likeness (QED) is 0.707. The highest BCUT2D eigenvalue weighted by molar-refractivity contribution is 5.80. The van der Waals surface area contributed by atoms with E-state index in [1.54, 1.807) is 0 Å². The molecule has 0 spiro atoms. The molecule has 1 aromatic carbocycles. The van der Waals surface area contributed by atoms with E-state index in [1.807, 2.05) is 0 Å². The third-order valence-electron chi connectivity index (χ3n) is 2.53. The molecule has 1 unspecified atom stereocenters. The smallest absolute Gasteiger partial charge is 0.370 e. The number of nitrogens with zero attached hydrogens (tertiary/aromatic N) is 1. The Balaban J connectivity index is 2.46. The maximum atomic E-state index is 12.6. The Kier molecular flexibility index (Phi) is 2.78. The number of aliphatic imine (C=N–C) groups is 1. The standard InChI is InChI=1S/C11H11F3N4/c12-11(13,14)8-3-1-2-7(6-8)10(16)4-5-17-9(15)18-10/h1-6H,16H2,(H3,15,17,18). The molecule has 4 nitrogen and oxygen atoms in total. The predicted octanol–water partition coefficient (Wildman–Crippen LogP) is 1.25. The number of nitrogens with two attached hydrogens (primary N) is 2. The van der Waals surface area contributed by atoms with Crippen LogP contribution in [0.15, 0.2) is 41.5 Å². The van der Waals surface area contributed by atoms with Gasteiger partial charge in [0.15, 0.2) is 11.6 Å². The second-order valence-electron chi connectivity index (χ2n) is 3.88. The first-order chi connectivity index (χ1) is 8.31. The summed E-state index contributed by atoms with van der Waals surface area (Å²) in [6.45, 7) is 0. The second kappa shape index (κ2) is 4.02. The molecule has 2 rings (SSSR count). The van der Waals surface area contributed by atoms with E-state index in [0.29, 0.717) is 0 Å². The Hall–Kier alpha value is -2.02. The fourth-order valence-corrected chi connectivity index (χ4v) is 1.63. The summed E-state index contributed by atoms with van der Waals surface area (Å²) >= 11 is 0. The van der Waals surface area contributed by atoms with Crippen molar-refractivity contribution in [1.82, 2.24) is 5.32 Å². The lowest BCUT2D eigenvalue weighted by molar-refractivity contribution is -0.137. The van der Waals surface area contributed by atoms with Crippen molar-refractivity contribution in [3.63, 3.8) is 0 Å². The van der Waals surface area contributed by atoms with E-state index < -0.39 is 17.4 Å². The van der Waals surface area contributed by atoms with Gasteiger partial charge in [-0.25, -0.2) is 4.99 Å². The minimum atomic E-state index is -4.42. The van der Waals surface area contributed by atoms with Crippen LogP contribution in [0.5, 0.6) is 0 Å². The first-order valence-electron chi connectivity index (χ1n) is 5.07. The third-order valence-corrected chi connectivity index (χ3v) is 2.53. The zero-order valence-electron chi connectivity index (χ0n) is 9.20. The van der Waals surface area contributed by atoms with Crippen molar-refractivity contribution in [2.75, 3.05) is 0 Å². The van der Waals surface area contributed by atoms with Crippen LogP contribution in [-0.2, 0) is 11.8 Å². The molecule has 0 bridgehead atoms. The van der Waals surface area contributed by atoms with E-state index in [1.165, 1.54) is 24.4 Å². The highest BCUT2D eigenvalue weighted by Crippen LogP contribution is 2.32. The largest absolute Gasteiger partial charge is 0.416 e. The van der Waals surface area contributed by atoms with Crippen molar-refractivity contribution in [3.05, 3.63) is 47.7 Å². The van der Waals surface area contributed by atoms with E-state index in [2.05, 4.69) is 10.3 Å². The van der Waals surface area contributed by atoms with Crippen molar-refractivity contribution >= 4 is 5.96 Å². The van der Waals surface area contributed by atoms with Crippen LogP contribution in [0.2, 0.25) is 0 Å². The average molecular weight is 256 g/mol. The Morgan fingerprint density at radius 3 is 2.61 bits per heavy atom. The van der Waals surface area contributed by atoms with Gasteiger partial charge < -0.3 is 11.1 Å². The number of alkyl halides is 3. The summed E-state index contributed by atoms with van der Waals surface area (Å²) in [6.07, 6.45) is -1.53. The number of rotatable bonds is 1. The molecule has 96 valence electrons. The molecule has 0 saturated carbocycles. The zero-order valence-corrected chi connectivity index (χ0v) is 9.20. The molecule has 5 N–H and O–H groups in total. The van der Waals surface area contributed by atoms with Crippen molar-refractivity contribution in [3.8, 4) is 0 Å². The predicted molar refractivity (Wildman–Crippen MR) is 61.2 cm³/mol. The molecule has 18 heavy (non-hydrogen) atoms. The lowest BCUT2D eigenvalue weighted by Gasteiger charge is -2.26. The van der Waals surface area contributed by atoms with Crippen LogP contribution >= 0.6 is 0 Å². The monoisotopic (exact) mass is 256 g/mol. The van der Waals surface area contributed by atoms with Crippen molar-refractivity contribution < 1.29 is 13.2 Å². The number of hydrogen-bond acceptors (Lipinski definition) is 4. The van der Waals surface area contributed by atoms with Crippen molar-refractivity contribution in [2.24, 2.45) is 16.5 Å². The number of hydrogen-bond donors (Lipinski definition) is 3. The van der Waals surface area contributed by atoms with Gasteiger partial charge >= 0.3 is 6.18 Å². The molecular weight excluding hydrogens is 245 g/mol. The number of guanidine groups is 1. The summed E-state index contributed by atoms with van der Waals surface area (Å²) in [6, 6.07) is 4.70. The molecular formula is C11H11F3N4. The van der Waals surface area contributed by atoms with E-state index >= 15 is 0 Å². The normalized spacial score (nSPS) is 23.4. The third kappa shape index (κ3) is 2.30. The molecule has 1 atom stereocenters. The van der Waals surface area contributed by atoms with Crippen molar-refractivity contribution in [1.29, 1.82) is 0 Å². The molecule has 0 amide bonds. The summed E-state index contributed by atoms with van der Waals surface area (Å²) in [7, 11) is 0. The number of halogens is 3. The topological polar surface area (TPSA) is 76.4 Å². The van der Waals surface area contributed by atoms with Gasteiger partial charge in [-0.15, -0.1) is 0 Å². The van der Waals surface area contributed by atoms with E-state index in [4.69, 9.17) is 11.5 Å². The molecule has 1 heterocycles. The van der Waals surface area contributed by atoms with E-state index in [-0.39, 0.29) is 11.5 Å². The first-order valence-corrected chi connectivity index (χ1v) is 5.07. The number of nitrogens with one attached hydrogen (secondary N) is 1. The molecule has 1 aromatic rings. The van der Waals surface area contributed by atoms with E-state index in [0.717, 1.165) is 12.1 Å². The summed E-state index contributed by atoms with van der Waals surface area (Å²) < 4.78 is 37.8. The molecule has 0 radical (unpaired) electrons. The molecule has 0 aliphatic carbocycles. The fourth-order valence-electron chi connectivity index (χ4n) is 1.63. The lowest BCUT2D eigenvalue weighted by atomic mass is 9.98. The van der Waals surface area contributed by atoms with E-state index in [9.17, 15) is 13.2 Å². The molecule has 7 heteroatoms. The van der Waals surface area contributed by atoms with Crippen LogP contribution in [0.25, 0.3) is 0 Å². The Morgan fingerprint density at radius 2 is 2.00 bits per heavy atom. The highest BCUT2D eigenvalue weighted by Gasteiger charge is 2.33. The second-order valence-corrected chi connectivity index (χ2v) is 3.88. The Bertz CT molecular complexity index is 521. The Labute approximate surface area is 101 Å². The molecule has 0 aromatic heterocycles. The fraction of sp³-hybridized carbons (Fsp3) is 0.182. The lowest BCUT2D eigenvalue weighted by Crippen LogP contribution is -2.42. The maximum absolute atomic E-state index is 12.6. The van der Waals surface area contributed by atoms with Crippen LogP contribution in [0, 0.1) is 0 Å². The molecule has 1 aliphatic rings. The van der Waals surface area contributed by atoms with Crippen molar-refractivity contribution in [2.45, 2.75) is 11.8 Å². The molecule has 0 fully saturated rings. The highest BCUT2D eigenvalue weighted by atomic mass is 19.4. The van der Waals surface area contributed by atoms with Gasteiger partial charge in [0.25, 0.3) is 0 Å². The van der Waals surface area contributed by atoms with Crippen LogP contribution in [-0.4, -0.2) is 5.96 Å². The van der Waals surface area contributed by atoms with Crippen LogP contribution < -0.4 is 16.8 Å². The number of benzene rings is 1. The van der Waals surface area contributed by atoms with Gasteiger partial charge in [-0.2, -0.15) is 13.2 Å². The zero-order chi connectivity index (χ0) is 13.4. The summed E-state index contributed by atoms with van der Waals surface area (Å²) in [5, 5.41) is 2.60. The van der Waals surface area contributed by atoms with Gasteiger partial charge in [0.2, 0.25) is 0 Å². The van der Waals surface area contributed by atoms with Gasteiger partial charge in [0.05, 0.1) is 5.56 Å². The minimum absolute atomic E-state index is 0.0532. The maximum Gasteiger partial charge on any atom is 0.416 e. The first kappa shape index (κ1) is 12.4. The van der Waals surface area contributed by atoms with Gasteiger partial charge in [-0.1, -0.05) is 12.1 Å². The van der Waals surface area contributed by atoms with Crippen LogP contribution in [0.4, 0.5) is 13.2 Å². The molecule has 1 aliphatic heterocycles.